The highest BCUT2D eigenvalue weighted by molar-refractivity contribution is 5.81. The molecule has 3 rings (SSSR count). The number of carbonyl (C=O) groups is 1. The molecule has 6 heteroatoms. The normalized spacial score (nSPS) is 19.3. The number of nitriles is 1. The number of nitrogens with two attached hydrogens (primary N) is 1. The smallest absolute Gasteiger partial charge is 0.163 e. The Kier molecular flexibility index (Phi) is 5.82. The van der Waals surface area contributed by atoms with Crippen LogP contribution in [0.25, 0.3) is 0 Å². The minimum Gasteiger partial charge on any atom is -0.353 e. The van der Waals surface area contributed by atoms with E-state index in [-0.39, 0.29) is 23.4 Å². The van der Waals surface area contributed by atoms with Crippen LogP contribution in [0, 0.1) is 17.2 Å². The van der Waals surface area contributed by atoms with E-state index < -0.39 is 0 Å². The van der Waals surface area contributed by atoms with E-state index in [0.29, 0.717) is 37.7 Å². The van der Waals surface area contributed by atoms with E-state index in [1.165, 1.54) is 5.56 Å². The Morgan fingerprint density at radius 3 is 2.56 bits per heavy atom. The van der Waals surface area contributed by atoms with Crippen molar-refractivity contribution in [2.75, 3.05) is 18.0 Å². The quantitative estimate of drug-likeness (QED) is 0.847. The lowest BCUT2D eigenvalue weighted by atomic mass is 9.94. The van der Waals surface area contributed by atoms with Crippen LogP contribution in [0.1, 0.15) is 43.0 Å². The highest BCUT2D eigenvalue weighted by Crippen LogP contribution is 2.24. The zero-order chi connectivity index (χ0) is 19.4. The Bertz CT molecular complexity index is 823. The van der Waals surface area contributed by atoms with Gasteiger partial charge in [-0.05, 0) is 29.2 Å². The van der Waals surface area contributed by atoms with Crippen LogP contribution in [0.2, 0.25) is 0 Å². The third-order valence-corrected chi connectivity index (χ3v) is 5.12. The van der Waals surface area contributed by atoms with Crippen LogP contribution in [0.15, 0.2) is 36.4 Å². The molecular weight excluding hydrogens is 338 g/mol. The number of ketones is 1. The summed E-state index contributed by atoms with van der Waals surface area (Å²) in [5.74, 6) is 1.50. The predicted octanol–water partition coefficient (Wildman–Crippen LogP) is 2.44. The molecule has 1 saturated heterocycles. The molecule has 0 saturated carbocycles. The molecule has 0 aliphatic carbocycles. The number of nitrogens with zero attached hydrogens (tertiary/aromatic N) is 4. The van der Waals surface area contributed by atoms with Crippen molar-refractivity contribution in [3.63, 3.8) is 0 Å². The summed E-state index contributed by atoms with van der Waals surface area (Å²) in [6, 6.07) is 13.6. The minimum atomic E-state index is -0.0743. The summed E-state index contributed by atoms with van der Waals surface area (Å²) in [6.45, 7) is 5.64. The second-order valence-corrected chi connectivity index (χ2v) is 7.53. The maximum atomic E-state index is 12.5. The van der Waals surface area contributed by atoms with Gasteiger partial charge in [-0.2, -0.15) is 5.26 Å². The van der Waals surface area contributed by atoms with Crippen molar-refractivity contribution in [1.82, 2.24) is 10.2 Å². The molecule has 2 aromatic rings. The van der Waals surface area contributed by atoms with Gasteiger partial charge in [-0.25, -0.2) is 0 Å². The van der Waals surface area contributed by atoms with Crippen molar-refractivity contribution in [2.45, 2.75) is 38.6 Å². The van der Waals surface area contributed by atoms with E-state index in [4.69, 9.17) is 11.0 Å². The lowest BCUT2D eigenvalue weighted by Gasteiger charge is -2.16. The van der Waals surface area contributed by atoms with E-state index in [0.717, 1.165) is 5.56 Å². The lowest BCUT2D eigenvalue weighted by Crippen LogP contribution is -2.31. The van der Waals surface area contributed by atoms with Crippen molar-refractivity contribution in [3.05, 3.63) is 53.2 Å². The van der Waals surface area contributed by atoms with Crippen LogP contribution in [-0.4, -0.2) is 35.1 Å². The summed E-state index contributed by atoms with van der Waals surface area (Å²) in [5.41, 5.74) is 8.88. The van der Waals surface area contributed by atoms with Gasteiger partial charge in [0.1, 0.15) is 11.9 Å². The summed E-state index contributed by atoms with van der Waals surface area (Å²) < 4.78 is 0. The van der Waals surface area contributed by atoms with E-state index in [2.05, 4.69) is 36.2 Å². The molecule has 2 N–H and O–H groups in total. The average Bonchev–Trinajstić information content (AvgIpc) is 3.02. The monoisotopic (exact) mass is 363 g/mol. The molecular formula is C21H25N5O. The van der Waals surface area contributed by atoms with Crippen LogP contribution < -0.4 is 10.6 Å². The summed E-state index contributed by atoms with van der Waals surface area (Å²) >= 11 is 0. The van der Waals surface area contributed by atoms with Crippen molar-refractivity contribution in [2.24, 2.45) is 11.7 Å². The molecule has 2 heterocycles. The Hall–Kier alpha value is -2.78. The number of Topliss-reactive ketones (excluding diaryl/α,β-unsaturated/α-hetero) is 1. The zero-order valence-electron chi connectivity index (χ0n) is 15.8. The van der Waals surface area contributed by atoms with Crippen LogP contribution in [0.3, 0.4) is 0 Å². The molecule has 1 aromatic carbocycles. The standard InChI is InChI=1S/C21H25N5O/c1-14(2)16-5-3-15(4-6-16)9-19(27)10-17-12-26(13-20(17)23)21-8-7-18(11-22)24-25-21/h3-8,14,17,20H,9-10,12-13,23H2,1-2H3/t17?,20-/m0/s1. The molecule has 1 aromatic heterocycles. The van der Waals surface area contributed by atoms with Gasteiger partial charge in [0.25, 0.3) is 0 Å². The Morgan fingerprint density at radius 1 is 1.22 bits per heavy atom. The highest BCUT2D eigenvalue weighted by atomic mass is 16.1. The first-order valence-corrected chi connectivity index (χ1v) is 9.31. The number of carbonyl (C=O) groups excluding carboxylic acids is 1. The Morgan fingerprint density at radius 2 is 1.96 bits per heavy atom. The fourth-order valence-corrected chi connectivity index (χ4v) is 3.47. The van der Waals surface area contributed by atoms with Crippen LogP contribution in [0.5, 0.6) is 0 Å². The number of aromatic nitrogens is 2. The first-order chi connectivity index (χ1) is 13.0. The molecule has 0 radical (unpaired) electrons. The number of rotatable bonds is 6. The van der Waals surface area contributed by atoms with Gasteiger partial charge in [-0.1, -0.05) is 38.1 Å². The maximum absolute atomic E-state index is 12.5. The highest BCUT2D eigenvalue weighted by Gasteiger charge is 2.32. The number of benzene rings is 1. The van der Waals surface area contributed by atoms with Gasteiger partial charge in [-0.15, -0.1) is 10.2 Å². The Balaban J connectivity index is 1.56. The van der Waals surface area contributed by atoms with Crippen molar-refractivity contribution >= 4 is 11.6 Å². The molecule has 0 spiro atoms. The van der Waals surface area contributed by atoms with Crippen LogP contribution in [0.4, 0.5) is 5.82 Å². The lowest BCUT2D eigenvalue weighted by molar-refractivity contribution is -0.119. The van der Waals surface area contributed by atoms with Gasteiger partial charge >= 0.3 is 0 Å². The van der Waals surface area contributed by atoms with E-state index >= 15 is 0 Å². The fourth-order valence-electron chi connectivity index (χ4n) is 3.47. The molecule has 0 bridgehead atoms. The molecule has 6 nitrogen and oxygen atoms in total. The average molecular weight is 363 g/mol. The van der Waals surface area contributed by atoms with Gasteiger partial charge in [0.15, 0.2) is 11.5 Å². The largest absolute Gasteiger partial charge is 0.353 e. The molecule has 0 amide bonds. The second kappa shape index (κ2) is 8.28. The van der Waals surface area contributed by atoms with Gasteiger partial charge < -0.3 is 10.6 Å². The van der Waals surface area contributed by atoms with E-state index in [1.807, 2.05) is 23.1 Å². The molecule has 140 valence electrons. The van der Waals surface area contributed by atoms with Crippen LogP contribution in [-0.2, 0) is 11.2 Å². The molecule has 1 aliphatic rings. The predicted molar refractivity (Wildman–Crippen MR) is 104 cm³/mol. The first-order valence-electron chi connectivity index (χ1n) is 9.31. The second-order valence-electron chi connectivity index (χ2n) is 7.53. The van der Waals surface area contributed by atoms with Crippen molar-refractivity contribution in [1.29, 1.82) is 5.26 Å². The molecule has 2 atom stereocenters. The van der Waals surface area contributed by atoms with Gasteiger partial charge in [0.2, 0.25) is 0 Å². The third kappa shape index (κ3) is 4.69. The molecule has 1 aliphatic heterocycles. The third-order valence-electron chi connectivity index (χ3n) is 5.12. The van der Waals surface area contributed by atoms with Gasteiger partial charge in [0.05, 0.1) is 0 Å². The summed E-state index contributed by atoms with van der Waals surface area (Å²) in [5, 5.41) is 16.8. The molecule has 1 fully saturated rings. The number of hydrogen-bond acceptors (Lipinski definition) is 6. The molecule has 1 unspecified atom stereocenters. The zero-order valence-corrected chi connectivity index (χ0v) is 15.8. The summed E-state index contributed by atoms with van der Waals surface area (Å²) in [7, 11) is 0. The Labute approximate surface area is 160 Å². The van der Waals surface area contributed by atoms with E-state index in [1.54, 1.807) is 12.1 Å². The van der Waals surface area contributed by atoms with Gasteiger partial charge in [-0.3, -0.25) is 4.79 Å². The topological polar surface area (TPSA) is 95.9 Å². The maximum Gasteiger partial charge on any atom is 0.163 e. The van der Waals surface area contributed by atoms with Crippen molar-refractivity contribution in [3.8, 4) is 6.07 Å². The number of anilines is 1. The minimum absolute atomic E-state index is 0.0743. The first kappa shape index (κ1) is 19.0. The van der Waals surface area contributed by atoms with Crippen LogP contribution >= 0.6 is 0 Å². The van der Waals surface area contributed by atoms with Crippen molar-refractivity contribution < 1.29 is 4.79 Å². The fraction of sp³-hybridized carbons (Fsp3) is 0.429. The molecule has 27 heavy (non-hydrogen) atoms. The summed E-state index contributed by atoms with van der Waals surface area (Å²) in [6.07, 6.45) is 0.908. The number of hydrogen-bond donors (Lipinski definition) is 1. The summed E-state index contributed by atoms with van der Waals surface area (Å²) in [4.78, 5) is 14.6. The SMILES string of the molecule is CC(C)c1ccc(CC(=O)CC2CN(c3ccc(C#N)nn3)C[C@@H]2N)cc1. The van der Waals surface area contributed by atoms with E-state index in [9.17, 15) is 4.79 Å². The van der Waals surface area contributed by atoms with Gasteiger partial charge in [0, 0.05) is 37.9 Å².